The maximum Gasteiger partial charge on any atom is 0.169 e. The van der Waals surface area contributed by atoms with Crippen molar-refractivity contribution in [3.05, 3.63) is 30.3 Å². The van der Waals surface area contributed by atoms with Crippen molar-refractivity contribution >= 4 is 12.2 Å². The summed E-state index contributed by atoms with van der Waals surface area (Å²) < 4.78 is 0. The van der Waals surface area contributed by atoms with Crippen LogP contribution < -0.4 is 5.46 Å². The van der Waals surface area contributed by atoms with Crippen LogP contribution in [0.2, 0.25) is 13.6 Å². The fourth-order valence-corrected chi connectivity index (χ4v) is 0.838. The van der Waals surface area contributed by atoms with Crippen LogP contribution in [0.5, 0.6) is 0 Å². The molecule has 0 bridgehead atoms. The summed E-state index contributed by atoms with van der Waals surface area (Å²) in [4.78, 5) is 0. The molecule has 0 aliphatic rings. The van der Waals surface area contributed by atoms with Crippen molar-refractivity contribution in [3.63, 3.8) is 0 Å². The Morgan fingerprint density at radius 1 is 1.00 bits per heavy atom. The van der Waals surface area contributed by atoms with E-state index >= 15 is 0 Å². The second-order valence-corrected chi connectivity index (χ2v) is 2.57. The Balaban J connectivity index is 0.000000461. The predicted molar refractivity (Wildman–Crippen MR) is 51.7 cm³/mol. The summed E-state index contributed by atoms with van der Waals surface area (Å²) in [5.41, 5.74) is 1.41. The fourth-order valence-electron chi connectivity index (χ4n) is 0.838. The third-order valence-electron chi connectivity index (χ3n) is 1.47. The highest BCUT2D eigenvalue weighted by Gasteiger charge is 1.98. The maximum absolute atomic E-state index is 7.00. The molecule has 0 aromatic heterocycles. The van der Waals surface area contributed by atoms with E-state index in [1.807, 2.05) is 6.07 Å². The number of aliphatic hydroxyl groups is 1. The zero-order chi connectivity index (χ0) is 8.69. The lowest BCUT2D eigenvalue weighted by Crippen LogP contribution is -2.21. The molecule has 0 fully saturated rings. The van der Waals surface area contributed by atoms with E-state index in [0.717, 1.165) is 7.11 Å². The summed E-state index contributed by atoms with van der Waals surface area (Å²) in [6.45, 7) is 5.07. The van der Waals surface area contributed by atoms with Crippen LogP contribution in [-0.4, -0.2) is 18.9 Å². The molecule has 11 heavy (non-hydrogen) atoms. The van der Waals surface area contributed by atoms with Crippen molar-refractivity contribution in [3.8, 4) is 0 Å². The molecular weight excluding hydrogens is 135 g/mol. The van der Waals surface area contributed by atoms with Gasteiger partial charge >= 0.3 is 0 Å². The Bertz CT molecular complexity index is 172. The first kappa shape index (κ1) is 10.2. The van der Waals surface area contributed by atoms with Crippen LogP contribution in [0, 0.1) is 0 Å². The highest BCUT2D eigenvalue weighted by molar-refractivity contribution is 6.70. The Hall–Kier alpha value is -0.755. The standard InChI is InChI=1S/C8H11B.CH4O/c1-9(2)8-6-4-3-5-7-8;1-2/h3-7H,1-2H3;2H,1H3. The smallest absolute Gasteiger partial charge is 0.169 e. The molecule has 1 aromatic carbocycles. The van der Waals surface area contributed by atoms with Gasteiger partial charge in [0.15, 0.2) is 6.71 Å². The quantitative estimate of drug-likeness (QED) is 0.597. The summed E-state index contributed by atoms with van der Waals surface area (Å²) in [5, 5.41) is 7.00. The third-order valence-corrected chi connectivity index (χ3v) is 1.47. The van der Waals surface area contributed by atoms with Crippen molar-refractivity contribution in [2.45, 2.75) is 13.6 Å². The zero-order valence-electron chi connectivity index (χ0n) is 7.41. The minimum Gasteiger partial charge on any atom is -0.400 e. The van der Waals surface area contributed by atoms with E-state index in [4.69, 9.17) is 5.11 Å². The predicted octanol–water partition coefficient (Wildman–Crippen LogP) is 1.26. The summed E-state index contributed by atoms with van der Waals surface area (Å²) in [7, 11) is 1.00. The molecule has 1 nitrogen and oxygen atoms in total. The van der Waals surface area contributed by atoms with E-state index in [-0.39, 0.29) is 0 Å². The summed E-state index contributed by atoms with van der Waals surface area (Å²) in [5.74, 6) is 0. The molecule has 0 saturated heterocycles. The summed E-state index contributed by atoms with van der Waals surface area (Å²) in [6.07, 6.45) is 0. The van der Waals surface area contributed by atoms with Gasteiger partial charge in [-0.3, -0.25) is 0 Å². The second-order valence-electron chi connectivity index (χ2n) is 2.57. The van der Waals surface area contributed by atoms with Crippen LogP contribution in [0.3, 0.4) is 0 Å². The molecule has 0 aliphatic heterocycles. The Kier molecular flexibility index (Phi) is 5.58. The van der Waals surface area contributed by atoms with Crippen molar-refractivity contribution in [2.24, 2.45) is 0 Å². The monoisotopic (exact) mass is 150 g/mol. The molecule has 0 unspecified atom stereocenters. The van der Waals surface area contributed by atoms with Crippen LogP contribution in [0.4, 0.5) is 0 Å². The number of hydrogen-bond donors (Lipinski definition) is 1. The number of hydrogen-bond acceptors (Lipinski definition) is 1. The van der Waals surface area contributed by atoms with Crippen molar-refractivity contribution in [1.29, 1.82) is 0 Å². The van der Waals surface area contributed by atoms with E-state index in [9.17, 15) is 0 Å². The van der Waals surface area contributed by atoms with Gasteiger partial charge in [0.05, 0.1) is 0 Å². The van der Waals surface area contributed by atoms with Gasteiger partial charge in [-0.2, -0.15) is 0 Å². The number of rotatable bonds is 1. The third kappa shape index (κ3) is 3.84. The second kappa shape index (κ2) is 5.99. The highest BCUT2D eigenvalue weighted by atomic mass is 16.2. The molecule has 0 spiro atoms. The van der Waals surface area contributed by atoms with Gasteiger partial charge in [-0.25, -0.2) is 0 Å². The Morgan fingerprint density at radius 3 is 1.73 bits per heavy atom. The average Bonchev–Trinajstić information content (AvgIpc) is 2.10. The minimum absolute atomic E-state index is 0.659. The zero-order valence-corrected chi connectivity index (χ0v) is 7.41. The van der Waals surface area contributed by atoms with Gasteiger partial charge in [0.1, 0.15) is 0 Å². The van der Waals surface area contributed by atoms with E-state index in [2.05, 4.69) is 37.9 Å². The molecule has 1 rings (SSSR count). The summed E-state index contributed by atoms with van der Waals surface area (Å²) >= 11 is 0. The van der Waals surface area contributed by atoms with Crippen molar-refractivity contribution < 1.29 is 5.11 Å². The van der Waals surface area contributed by atoms with Crippen molar-refractivity contribution in [2.75, 3.05) is 7.11 Å². The minimum atomic E-state index is 0.659. The van der Waals surface area contributed by atoms with Crippen LogP contribution >= 0.6 is 0 Å². The van der Waals surface area contributed by atoms with Gasteiger partial charge in [0, 0.05) is 7.11 Å². The van der Waals surface area contributed by atoms with Gasteiger partial charge in [-0.05, 0) is 0 Å². The van der Waals surface area contributed by atoms with Crippen LogP contribution in [0.15, 0.2) is 30.3 Å². The molecular formula is C9H15BO. The molecule has 0 heterocycles. The molecule has 0 radical (unpaired) electrons. The molecule has 0 saturated carbocycles. The first-order valence-corrected chi connectivity index (χ1v) is 3.80. The highest BCUT2D eigenvalue weighted by Crippen LogP contribution is 1.85. The normalized spacial score (nSPS) is 8.00. The van der Waals surface area contributed by atoms with E-state index in [1.165, 1.54) is 5.46 Å². The van der Waals surface area contributed by atoms with Gasteiger partial charge in [-0.15, -0.1) is 0 Å². The molecule has 0 amide bonds. The topological polar surface area (TPSA) is 20.2 Å². The molecule has 2 heteroatoms. The van der Waals surface area contributed by atoms with E-state index < -0.39 is 0 Å². The first-order chi connectivity index (χ1) is 5.30. The maximum atomic E-state index is 7.00. The van der Waals surface area contributed by atoms with Gasteiger partial charge in [0.2, 0.25) is 0 Å². The van der Waals surface area contributed by atoms with Gasteiger partial charge in [-0.1, -0.05) is 49.4 Å². The van der Waals surface area contributed by atoms with E-state index in [1.54, 1.807) is 0 Å². The van der Waals surface area contributed by atoms with Gasteiger partial charge < -0.3 is 5.11 Å². The SMILES string of the molecule is CB(C)c1ccccc1.CO. The van der Waals surface area contributed by atoms with Crippen LogP contribution in [0.25, 0.3) is 0 Å². The molecule has 1 N–H and O–H groups in total. The largest absolute Gasteiger partial charge is 0.400 e. The van der Waals surface area contributed by atoms with Crippen LogP contribution in [0.1, 0.15) is 0 Å². The average molecular weight is 150 g/mol. The molecule has 0 atom stereocenters. The molecule has 0 aliphatic carbocycles. The van der Waals surface area contributed by atoms with Crippen LogP contribution in [-0.2, 0) is 0 Å². The number of benzene rings is 1. The summed E-state index contributed by atoms with van der Waals surface area (Å²) in [6, 6.07) is 10.5. The lowest BCUT2D eigenvalue weighted by atomic mass is 9.49. The lowest BCUT2D eigenvalue weighted by Gasteiger charge is -1.98. The Labute approximate surface area is 69.1 Å². The number of aliphatic hydroxyl groups excluding tert-OH is 1. The molecule has 1 aromatic rings. The Morgan fingerprint density at radius 2 is 1.45 bits per heavy atom. The van der Waals surface area contributed by atoms with Crippen molar-refractivity contribution in [1.82, 2.24) is 0 Å². The lowest BCUT2D eigenvalue weighted by molar-refractivity contribution is 0.399. The fraction of sp³-hybridized carbons (Fsp3) is 0.333. The molecule has 60 valence electrons. The van der Waals surface area contributed by atoms with Gasteiger partial charge in [0.25, 0.3) is 0 Å². The van der Waals surface area contributed by atoms with E-state index in [0.29, 0.717) is 6.71 Å². The first-order valence-electron chi connectivity index (χ1n) is 3.80.